The van der Waals surface area contributed by atoms with Crippen LogP contribution in [0.5, 0.6) is 5.88 Å². The molecule has 0 fully saturated rings. The molecular formula is C15H12F6N2O3S. The molecule has 0 bridgehead atoms. The second-order valence-electron chi connectivity index (χ2n) is 5.26. The molecule has 0 radical (unpaired) electrons. The molecule has 27 heavy (non-hydrogen) atoms. The first-order valence-corrected chi connectivity index (χ1v) is 8.66. The number of halogens is 6. The molecule has 148 valence electrons. The topological polar surface area (TPSA) is 68.3 Å². The summed E-state index contributed by atoms with van der Waals surface area (Å²) in [6.07, 6.45) is -8.16. The monoisotopic (exact) mass is 414 g/mol. The van der Waals surface area contributed by atoms with E-state index in [1.54, 1.807) is 0 Å². The van der Waals surface area contributed by atoms with E-state index in [0.717, 1.165) is 30.5 Å². The van der Waals surface area contributed by atoms with Crippen LogP contribution in [0.25, 0.3) is 0 Å². The van der Waals surface area contributed by atoms with Gasteiger partial charge in [0.2, 0.25) is 15.9 Å². The highest BCUT2D eigenvalue weighted by atomic mass is 32.2. The molecule has 0 aliphatic rings. The summed E-state index contributed by atoms with van der Waals surface area (Å²) < 4.78 is 105. The van der Waals surface area contributed by atoms with E-state index in [2.05, 4.69) is 14.4 Å². The Morgan fingerprint density at radius 1 is 1.04 bits per heavy atom. The zero-order chi connectivity index (χ0) is 20.3. The molecule has 0 saturated heterocycles. The molecular weight excluding hydrogens is 402 g/mol. The van der Waals surface area contributed by atoms with Gasteiger partial charge in [-0.1, -0.05) is 6.07 Å². The summed E-state index contributed by atoms with van der Waals surface area (Å²) >= 11 is 0. The van der Waals surface area contributed by atoms with E-state index in [9.17, 15) is 34.8 Å². The normalized spacial score (nSPS) is 12.8. The molecule has 0 spiro atoms. The number of nitrogens with one attached hydrogen (secondary N) is 1. The van der Waals surface area contributed by atoms with Gasteiger partial charge in [0.25, 0.3) is 0 Å². The van der Waals surface area contributed by atoms with Crippen molar-refractivity contribution in [2.45, 2.75) is 23.8 Å². The fraction of sp³-hybridized carbons (Fsp3) is 0.267. The largest absolute Gasteiger partial charge is 0.468 e. The second-order valence-corrected chi connectivity index (χ2v) is 7.02. The fourth-order valence-corrected chi connectivity index (χ4v) is 2.96. The molecule has 5 nitrogen and oxygen atoms in total. The van der Waals surface area contributed by atoms with Gasteiger partial charge in [-0.15, -0.1) is 0 Å². The van der Waals surface area contributed by atoms with Crippen LogP contribution in [0.1, 0.15) is 11.1 Å². The summed E-state index contributed by atoms with van der Waals surface area (Å²) in [6.45, 7) is -1.96. The maximum atomic E-state index is 12.7. The van der Waals surface area contributed by atoms with Crippen LogP contribution in [0, 0.1) is 0 Å². The minimum Gasteiger partial charge on any atom is -0.468 e. The molecule has 12 heteroatoms. The molecule has 1 aromatic carbocycles. The summed E-state index contributed by atoms with van der Waals surface area (Å²) in [6, 6.07) is 5.54. The van der Waals surface area contributed by atoms with Gasteiger partial charge in [0.1, 0.15) is 0 Å². The molecule has 0 amide bonds. The Bertz CT molecular complexity index is 897. The standard InChI is InChI=1S/C15H12F6N2O3S/c16-14(17,18)9-26-13-6-10(4-5-22-13)8-23-27(24,25)12-3-1-2-11(7-12)15(19,20)21/h1-7,23H,8-9H2. The van der Waals surface area contributed by atoms with E-state index >= 15 is 0 Å². The lowest BCUT2D eigenvalue weighted by Crippen LogP contribution is -2.24. The van der Waals surface area contributed by atoms with Crippen molar-refractivity contribution in [2.75, 3.05) is 6.61 Å². The van der Waals surface area contributed by atoms with Crippen LogP contribution >= 0.6 is 0 Å². The molecule has 1 heterocycles. The van der Waals surface area contributed by atoms with Crippen LogP contribution in [0.15, 0.2) is 47.5 Å². The Kier molecular flexibility index (Phi) is 6.00. The summed E-state index contributed by atoms with van der Waals surface area (Å²) in [5, 5.41) is 0. The third kappa shape index (κ3) is 6.40. The van der Waals surface area contributed by atoms with Crippen molar-refractivity contribution in [1.29, 1.82) is 0 Å². The van der Waals surface area contributed by atoms with Gasteiger partial charge in [-0.2, -0.15) is 26.3 Å². The van der Waals surface area contributed by atoms with Crippen LogP contribution < -0.4 is 9.46 Å². The number of benzene rings is 1. The van der Waals surface area contributed by atoms with Crippen molar-refractivity contribution in [1.82, 2.24) is 9.71 Å². The molecule has 0 aliphatic carbocycles. The number of rotatable bonds is 6. The number of hydrogen-bond acceptors (Lipinski definition) is 4. The third-order valence-corrected chi connectivity index (χ3v) is 4.52. The van der Waals surface area contributed by atoms with E-state index in [-0.39, 0.29) is 18.0 Å². The highest BCUT2D eigenvalue weighted by Crippen LogP contribution is 2.30. The van der Waals surface area contributed by atoms with Crippen molar-refractivity contribution in [2.24, 2.45) is 0 Å². The Morgan fingerprint density at radius 2 is 1.74 bits per heavy atom. The summed E-state index contributed by atoms with van der Waals surface area (Å²) in [5.74, 6) is -0.372. The lowest BCUT2D eigenvalue weighted by atomic mass is 10.2. The number of sulfonamides is 1. The van der Waals surface area contributed by atoms with Crippen molar-refractivity contribution in [3.8, 4) is 5.88 Å². The highest BCUT2D eigenvalue weighted by molar-refractivity contribution is 7.89. The van der Waals surface area contributed by atoms with E-state index in [4.69, 9.17) is 0 Å². The first-order chi connectivity index (χ1) is 12.4. The highest BCUT2D eigenvalue weighted by Gasteiger charge is 2.31. The van der Waals surface area contributed by atoms with Gasteiger partial charge < -0.3 is 4.74 Å². The minimum atomic E-state index is -4.71. The Labute approximate surface area is 150 Å². The average Bonchev–Trinajstić information content (AvgIpc) is 2.57. The van der Waals surface area contributed by atoms with Crippen LogP contribution in [-0.4, -0.2) is 26.2 Å². The van der Waals surface area contributed by atoms with Crippen LogP contribution in [0.2, 0.25) is 0 Å². The average molecular weight is 414 g/mol. The number of nitrogens with zero attached hydrogens (tertiary/aromatic N) is 1. The number of aromatic nitrogens is 1. The van der Waals surface area contributed by atoms with Gasteiger partial charge in [0, 0.05) is 18.8 Å². The second kappa shape index (κ2) is 7.72. The number of hydrogen-bond donors (Lipinski definition) is 1. The predicted octanol–water partition coefficient (Wildman–Crippen LogP) is 3.52. The molecule has 0 saturated carbocycles. The van der Waals surface area contributed by atoms with Gasteiger partial charge in [0.15, 0.2) is 6.61 Å². The lowest BCUT2D eigenvalue weighted by molar-refractivity contribution is -0.154. The number of alkyl halides is 6. The summed E-state index contributed by atoms with van der Waals surface area (Å²) in [5.41, 5.74) is -0.921. The van der Waals surface area contributed by atoms with Crippen molar-refractivity contribution < 1.29 is 39.5 Å². The third-order valence-electron chi connectivity index (χ3n) is 3.12. The Morgan fingerprint density at radius 3 is 2.37 bits per heavy atom. The van der Waals surface area contributed by atoms with Gasteiger partial charge >= 0.3 is 12.4 Å². The molecule has 2 aromatic rings. The lowest BCUT2D eigenvalue weighted by Gasteiger charge is -2.11. The van der Waals surface area contributed by atoms with Gasteiger partial charge in [-0.05, 0) is 29.8 Å². The minimum absolute atomic E-state index is 0.206. The van der Waals surface area contributed by atoms with Gasteiger partial charge in [-0.3, -0.25) is 0 Å². The quantitative estimate of drug-likeness (QED) is 0.735. The SMILES string of the molecule is O=S(=O)(NCc1ccnc(OCC(F)(F)F)c1)c1cccc(C(F)(F)F)c1. The maximum Gasteiger partial charge on any atom is 0.422 e. The van der Waals surface area contributed by atoms with Crippen molar-refractivity contribution >= 4 is 10.0 Å². The fourth-order valence-electron chi connectivity index (χ4n) is 1.90. The van der Waals surface area contributed by atoms with Gasteiger partial charge in [-0.25, -0.2) is 18.1 Å². The molecule has 1 N–H and O–H groups in total. The van der Waals surface area contributed by atoms with Crippen LogP contribution in [0.3, 0.4) is 0 Å². The smallest absolute Gasteiger partial charge is 0.422 e. The zero-order valence-electron chi connectivity index (χ0n) is 13.3. The summed E-state index contributed by atoms with van der Waals surface area (Å²) in [7, 11) is -4.28. The van der Waals surface area contributed by atoms with Gasteiger partial charge in [0.05, 0.1) is 10.5 Å². The molecule has 0 aliphatic heterocycles. The van der Waals surface area contributed by atoms with E-state index in [1.807, 2.05) is 0 Å². The predicted molar refractivity (Wildman–Crippen MR) is 81.3 cm³/mol. The van der Waals surface area contributed by atoms with E-state index in [1.165, 1.54) is 6.07 Å². The molecule has 1 aromatic heterocycles. The maximum absolute atomic E-state index is 12.7. The van der Waals surface area contributed by atoms with E-state index in [0.29, 0.717) is 6.07 Å². The molecule has 0 unspecified atom stereocenters. The van der Waals surface area contributed by atoms with Crippen molar-refractivity contribution in [3.05, 3.63) is 53.7 Å². The van der Waals surface area contributed by atoms with Crippen LogP contribution in [-0.2, 0) is 22.7 Å². The number of pyridine rings is 1. The Hall–Kier alpha value is -2.34. The van der Waals surface area contributed by atoms with Crippen molar-refractivity contribution in [3.63, 3.8) is 0 Å². The zero-order valence-corrected chi connectivity index (χ0v) is 14.1. The first-order valence-electron chi connectivity index (χ1n) is 7.18. The van der Waals surface area contributed by atoms with Crippen LogP contribution in [0.4, 0.5) is 26.3 Å². The molecule has 2 rings (SSSR count). The first kappa shape index (κ1) is 21.0. The Balaban J connectivity index is 2.10. The molecule has 0 atom stereocenters. The summed E-state index contributed by atoms with van der Waals surface area (Å²) in [4.78, 5) is 2.96. The number of ether oxygens (including phenoxy) is 1. The van der Waals surface area contributed by atoms with E-state index < -0.39 is 39.4 Å².